The predicted molar refractivity (Wildman–Crippen MR) is 100 cm³/mol. The van der Waals surface area contributed by atoms with Crippen LogP contribution in [-0.2, 0) is 17.6 Å². The molecule has 0 saturated heterocycles. The summed E-state index contributed by atoms with van der Waals surface area (Å²) < 4.78 is 12.9. The van der Waals surface area contributed by atoms with Gasteiger partial charge in [0, 0.05) is 10.9 Å². The number of halogens is 1. The van der Waals surface area contributed by atoms with E-state index in [-0.39, 0.29) is 18.1 Å². The summed E-state index contributed by atoms with van der Waals surface area (Å²) >= 11 is 1.40. The molecule has 0 bridgehead atoms. The van der Waals surface area contributed by atoms with Gasteiger partial charge >= 0.3 is 0 Å². The highest BCUT2D eigenvalue weighted by Gasteiger charge is 2.09. The van der Waals surface area contributed by atoms with Gasteiger partial charge in [-0.25, -0.2) is 9.37 Å². The van der Waals surface area contributed by atoms with Gasteiger partial charge in [0.15, 0.2) is 5.13 Å². The SMILES string of the molecule is CCCc1ccc(-c2csc(NC(=O)Cc3ccc(F)cc3)n2)cc1. The second-order valence-corrected chi connectivity index (χ2v) is 6.69. The Hall–Kier alpha value is -2.53. The molecule has 0 spiro atoms. The Morgan fingerprint density at radius 2 is 1.76 bits per heavy atom. The van der Waals surface area contributed by atoms with E-state index in [1.165, 1.54) is 29.0 Å². The lowest BCUT2D eigenvalue weighted by Crippen LogP contribution is -2.14. The third-order valence-electron chi connectivity index (χ3n) is 3.82. The molecule has 1 N–H and O–H groups in total. The van der Waals surface area contributed by atoms with E-state index in [4.69, 9.17) is 0 Å². The Labute approximate surface area is 150 Å². The van der Waals surface area contributed by atoms with E-state index in [2.05, 4.69) is 41.5 Å². The van der Waals surface area contributed by atoms with Crippen molar-refractivity contribution >= 4 is 22.4 Å². The van der Waals surface area contributed by atoms with Crippen molar-refractivity contribution in [1.29, 1.82) is 0 Å². The molecule has 2 aromatic carbocycles. The van der Waals surface area contributed by atoms with Crippen LogP contribution in [0.4, 0.5) is 9.52 Å². The van der Waals surface area contributed by atoms with Gasteiger partial charge in [0.25, 0.3) is 0 Å². The van der Waals surface area contributed by atoms with Crippen LogP contribution in [0.3, 0.4) is 0 Å². The monoisotopic (exact) mass is 354 g/mol. The quantitative estimate of drug-likeness (QED) is 0.670. The van der Waals surface area contributed by atoms with E-state index in [1.54, 1.807) is 12.1 Å². The summed E-state index contributed by atoms with van der Waals surface area (Å²) in [6.45, 7) is 2.16. The fourth-order valence-electron chi connectivity index (χ4n) is 2.55. The van der Waals surface area contributed by atoms with Gasteiger partial charge in [0.2, 0.25) is 5.91 Å². The molecule has 0 aliphatic carbocycles. The van der Waals surface area contributed by atoms with E-state index < -0.39 is 0 Å². The average Bonchev–Trinajstić information content (AvgIpc) is 3.06. The number of aromatic nitrogens is 1. The summed E-state index contributed by atoms with van der Waals surface area (Å²) in [6, 6.07) is 14.3. The number of hydrogen-bond donors (Lipinski definition) is 1. The molecule has 3 nitrogen and oxygen atoms in total. The molecule has 1 aromatic heterocycles. The number of amides is 1. The Bertz CT molecular complexity index is 841. The first-order valence-corrected chi connectivity index (χ1v) is 9.11. The average molecular weight is 354 g/mol. The van der Waals surface area contributed by atoms with Crippen LogP contribution < -0.4 is 5.32 Å². The largest absolute Gasteiger partial charge is 0.302 e. The molecule has 1 amide bonds. The van der Waals surface area contributed by atoms with Crippen LogP contribution in [0.15, 0.2) is 53.9 Å². The lowest BCUT2D eigenvalue weighted by Gasteiger charge is -2.02. The molecule has 0 radical (unpaired) electrons. The third kappa shape index (κ3) is 4.73. The van der Waals surface area contributed by atoms with Gasteiger partial charge in [0.1, 0.15) is 5.82 Å². The maximum atomic E-state index is 12.9. The highest BCUT2D eigenvalue weighted by atomic mass is 32.1. The maximum absolute atomic E-state index is 12.9. The summed E-state index contributed by atoms with van der Waals surface area (Å²) in [7, 11) is 0. The van der Waals surface area contributed by atoms with Gasteiger partial charge in [-0.05, 0) is 29.7 Å². The van der Waals surface area contributed by atoms with Crippen LogP contribution >= 0.6 is 11.3 Å². The van der Waals surface area contributed by atoms with E-state index in [0.29, 0.717) is 5.13 Å². The second-order valence-electron chi connectivity index (χ2n) is 5.84. The molecule has 3 aromatic rings. The summed E-state index contributed by atoms with van der Waals surface area (Å²) in [5, 5.41) is 5.30. The van der Waals surface area contributed by atoms with E-state index in [9.17, 15) is 9.18 Å². The van der Waals surface area contributed by atoms with Gasteiger partial charge in [-0.2, -0.15) is 0 Å². The Morgan fingerprint density at radius 3 is 2.44 bits per heavy atom. The van der Waals surface area contributed by atoms with Crippen LogP contribution in [0, 0.1) is 5.82 Å². The van der Waals surface area contributed by atoms with Gasteiger partial charge in [-0.3, -0.25) is 4.79 Å². The van der Waals surface area contributed by atoms with Crippen molar-refractivity contribution in [3.63, 3.8) is 0 Å². The Balaban J connectivity index is 1.62. The van der Waals surface area contributed by atoms with Crippen molar-refractivity contribution in [2.75, 3.05) is 5.32 Å². The molecule has 0 aliphatic heterocycles. The van der Waals surface area contributed by atoms with Crippen LogP contribution in [0.2, 0.25) is 0 Å². The second kappa shape index (κ2) is 8.03. The van der Waals surface area contributed by atoms with Crippen LogP contribution in [-0.4, -0.2) is 10.9 Å². The number of carbonyl (C=O) groups excluding carboxylic acids is 1. The number of aryl methyl sites for hydroxylation is 1. The molecule has 0 aliphatic rings. The van der Waals surface area contributed by atoms with Gasteiger partial charge < -0.3 is 5.32 Å². The van der Waals surface area contributed by atoms with Crippen LogP contribution in [0.5, 0.6) is 0 Å². The Morgan fingerprint density at radius 1 is 1.08 bits per heavy atom. The van der Waals surface area contributed by atoms with Crippen molar-refractivity contribution in [2.45, 2.75) is 26.2 Å². The van der Waals surface area contributed by atoms with E-state index in [1.807, 2.05) is 5.38 Å². The lowest BCUT2D eigenvalue weighted by molar-refractivity contribution is -0.115. The fraction of sp³-hybridized carbons (Fsp3) is 0.200. The first-order valence-electron chi connectivity index (χ1n) is 8.23. The summed E-state index contributed by atoms with van der Waals surface area (Å²) in [5.41, 5.74) is 3.97. The third-order valence-corrected chi connectivity index (χ3v) is 4.57. The number of nitrogens with one attached hydrogen (secondary N) is 1. The van der Waals surface area contributed by atoms with Crippen LogP contribution in [0.1, 0.15) is 24.5 Å². The molecule has 128 valence electrons. The van der Waals surface area contributed by atoms with Crippen molar-refractivity contribution < 1.29 is 9.18 Å². The summed E-state index contributed by atoms with van der Waals surface area (Å²) in [4.78, 5) is 16.6. The first kappa shape index (κ1) is 17.3. The molecule has 25 heavy (non-hydrogen) atoms. The standard InChI is InChI=1S/C20H19FN2OS/c1-2-3-14-4-8-16(9-5-14)18-13-25-20(22-18)23-19(24)12-15-6-10-17(21)11-7-15/h4-11,13H,2-3,12H2,1H3,(H,22,23,24). The molecule has 1 heterocycles. The molecule has 0 unspecified atom stereocenters. The van der Waals surface area contributed by atoms with Gasteiger partial charge in [-0.1, -0.05) is 49.7 Å². The normalized spacial score (nSPS) is 10.6. The lowest BCUT2D eigenvalue weighted by atomic mass is 10.1. The van der Waals surface area contributed by atoms with Crippen molar-refractivity contribution in [1.82, 2.24) is 4.98 Å². The predicted octanol–water partition coefficient (Wildman–Crippen LogP) is 5.08. The fourth-order valence-corrected chi connectivity index (χ4v) is 3.28. The first-order chi connectivity index (χ1) is 12.1. The van der Waals surface area contributed by atoms with Gasteiger partial charge in [0.05, 0.1) is 12.1 Å². The maximum Gasteiger partial charge on any atom is 0.230 e. The van der Waals surface area contributed by atoms with Crippen LogP contribution in [0.25, 0.3) is 11.3 Å². The zero-order chi connectivity index (χ0) is 17.6. The highest BCUT2D eigenvalue weighted by molar-refractivity contribution is 7.14. The molecule has 0 atom stereocenters. The minimum Gasteiger partial charge on any atom is -0.302 e. The minimum absolute atomic E-state index is 0.161. The zero-order valence-corrected chi connectivity index (χ0v) is 14.8. The molecule has 3 rings (SSSR count). The number of thiazole rings is 1. The Kier molecular flexibility index (Phi) is 5.56. The molecule has 0 fully saturated rings. The molecular weight excluding hydrogens is 335 g/mol. The number of hydrogen-bond acceptors (Lipinski definition) is 3. The van der Waals surface area contributed by atoms with Crippen molar-refractivity contribution in [2.24, 2.45) is 0 Å². The highest BCUT2D eigenvalue weighted by Crippen LogP contribution is 2.25. The number of benzene rings is 2. The van der Waals surface area contributed by atoms with E-state index >= 15 is 0 Å². The summed E-state index contributed by atoms with van der Waals surface area (Å²) in [6.07, 6.45) is 2.39. The minimum atomic E-state index is -0.307. The smallest absolute Gasteiger partial charge is 0.230 e. The molecule has 5 heteroatoms. The summed E-state index contributed by atoms with van der Waals surface area (Å²) in [5.74, 6) is -0.468. The number of rotatable bonds is 6. The molecular formula is C20H19FN2OS. The number of anilines is 1. The van der Waals surface area contributed by atoms with Crippen molar-refractivity contribution in [3.8, 4) is 11.3 Å². The van der Waals surface area contributed by atoms with E-state index in [0.717, 1.165) is 29.7 Å². The van der Waals surface area contributed by atoms with Crippen molar-refractivity contribution in [3.05, 3.63) is 70.9 Å². The number of nitrogens with zero attached hydrogens (tertiary/aromatic N) is 1. The zero-order valence-electron chi connectivity index (χ0n) is 14.0. The number of carbonyl (C=O) groups is 1. The topological polar surface area (TPSA) is 42.0 Å². The molecule has 0 saturated carbocycles. The van der Waals surface area contributed by atoms with Gasteiger partial charge in [-0.15, -0.1) is 11.3 Å².